The number of nitrogens with one attached hydrogen (secondary N) is 1. The van der Waals surface area contributed by atoms with Crippen molar-refractivity contribution < 1.29 is 14.3 Å². The third-order valence-corrected chi connectivity index (χ3v) is 3.57. The predicted molar refractivity (Wildman–Crippen MR) is 77.6 cm³/mol. The van der Waals surface area contributed by atoms with Crippen LogP contribution in [-0.2, 0) is 0 Å². The van der Waals surface area contributed by atoms with Gasteiger partial charge in [-0.2, -0.15) is 0 Å². The van der Waals surface area contributed by atoms with E-state index in [1.54, 1.807) is 11.4 Å². The average molecular weight is 310 g/mol. The predicted octanol–water partition coefficient (Wildman–Crippen LogP) is 3.14. The second-order valence-electron chi connectivity index (χ2n) is 3.71. The van der Waals surface area contributed by atoms with Gasteiger partial charge in [-0.15, -0.1) is 11.3 Å². The van der Waals surface area contributed by atoms with Gasteiger partial charge in [0.15, 0.2) is 0 Å². The summed E-state index contributed by atoms with van der Waals surface area (Å²) in [6, 6.07) is 5.71. The highest BCUT2D eigenvalue weighted by Crippen LogP contribution is 2.21. The van der Waals surface area contributed by atoms with Gasteiger partial charge in [0.05, 0.1) is 5.02 Å². The molecule has 1 heterocycles. The molecule has 0 atom stereocenters. The maximum atomic E-state index is 13.3. The van der Waals surface area contributed by atoms with E-state index in [4.69, 9.17) is 16.7 Å². The van der Waals surface area contributed by atoms with Crippen molar-refractivity contribution >= 4 is 34.5 Å². The summed E-state index contributed by atoms with van der Waals surface area (Å²) in [6.07, 6.45) is 0. The smallest absolute Gasteiger partial charge is 0.267 e. The van der Waals surface area contributed by atoms with Crippen molar-refractivity contribution in [2.45, 2.75) is 0 Å². The highest BCUT2D eigenvalue weighted by atomic mass is 35.5. The summed E-state index contributed by atoms with van der Waals surface area (Å²) in [6.45, 7) is -0.278. The Hall–Kier alpha value is -1.87. The maximum absolute atomic E-state index is 13.3. The van der Waals surface area contributed by atoms with Crippen molar-refractivity contribution in [3.05, 3.63) is 50.9 Å². The monoisotopic (exact) mass is 309 g/mol. The molecule has 0 bridgehead atoms. The third kappa shape index (κ3) is 3.36. The highest BCUT2D eigenvalue weighted by Gasteiger charge is 2.13. The Bertz CT molecular complexity index is 703. The number of rotatable bonds is 2. The number of carbonyl (C=O) groups excluding carboxylic acids is 1. The number of amides is 1. The third-order valence-electron chi connectivity index (χ3n) is 2.35. The minimum Gasteiger partial charge on any atom is -0.384 e. The second-order valence-corrected chi connectivity index (χ2v) is 5.03. The van der Waals surface area contributed by atoms with Gasteiger partial charge in [0, 0.05) is 11.3 Å². The number of benzene rings is 1. The fraction of sp³-hybridized carbons (Fsp3) is 0.0714. The number of halogens is 2. The van der Waals surface area contributed by atoms with E-state index in [-0.39, 0.29) is 17.5 Å². The molecule has 2 N–H and O–H groups in total. The molecule has 0 aliphatic rings. The van der Waals surface area contributed by atoms with Gasteiger partial charge < -0.3 is 10.4 Å². The maximum Gasteiger partial charge on any atom is 0.267 e. The molecule has 0 unspecified atom stereocenters. The first-order valence-electron chi connectivity index (χ1n) is 5.55. The summed E-state index contributed by atoms with van der Waals surface area (Å²) < 4.78 is 13.3. The van der Waals surface area contributed by atoms with Crippen molar-refractivity contribution in [1.82, 2.24) is 0 Å². The summed E-state index contributed by atoms with van der Waals surface area (Å²) in [7, 11) is 0. The van der Waals surface area contributed by atoms with Crippen molar-refractivity contribution in [3.63, 3.8) is 0 Å². The van der Waals surface area contributed by atoms with Crippen LogP contribution in [0.5, 0.6) is 0 Å². The van der Waals surface area contributed by atoms with Crippen molar-refractivity contribution in [1.29, 1.82) is 0 Å². The van der Waals surface area contributed by atoms with Gasteiger partial charge in [0.1, 0.15) is 17.3 Å². The molecule has 102 valence electrons. The topological polar surface area (TPSA) is 49.3 Å². The molecule has 1 aromatic carbocycles. The second kappa shape index (κ2) is 6.53. The highest BCUT2D eigenvalue weighted by molar-refractivity contribution is 7.12. The van der Waals surface area contributed by atoms with E-state index >= 15 is 0 Å². The summed E-state index contributed by atoms with van der Waals surface area (Å²) in [5.74, 6) is 4.18. The SMILES string of the molecule is O=C(Nc1ccc(Cl)c(F)c1)c1sccc1C#CCO. The van der Waals surface area contributed by atoms with Crippen LogP contribution in [-0.4, -0.2) is 17.6 Å². The number of aliphatic hydroxyl groups is 1. The molecular formula is C14H9ClFNO2S. The van der Waals surface area contributed by atoms with Gasteiger partial charge in [-0.25, -0.2) is 4.39 Å². The molecule has 0 saturated heterocycles. The first-order chi connectivity index (χ1) is 9.61. The molecule has 1 amide bonds. The Balaban J connectivity index is 2.20. The Morgan fingerprint density at radius 1 is 1.45 bits per heavy atom. The lowest BCUT2D eigenvalue weighted by Gasteiger charge is -2.05. The van der Waals surface area contributed by atoms with Crippen LogP contribution in [0.4, 0.5) is 10.1 Å². The minimum absolute atomic E-state index is 0.00590. The van der Waals surface area contributed by atoms with Crippen LogP contribution in [0.25, 0.3) is 0 Å². The minimum atomic E-state index is -0.601. The molecule has 0 spiro atoms. The number of hydrogen-bond donors (Lipinski definition) is 2. The van der Waals surface area contributed by atoms with Crippen LogP contribution in [0.3, 0.4) is 0 Å². The lowest BCUT2D eigenvalue weighted by Crippen LogP contribution is -2.11. The van der Waals surface area contributed by atoms with Crippen LogP contribution >= 0.6 is 22.9 Å². The van der Waals surface area contributed by atoms with E-state index in [2.05, 4.69) is 17.2 Å². The van der Waals surface area contributed by atoms with Crippen LogP contribution in [0.2, 0.25) is 5.02 Å². The van der Waals surface area contributed by atoms with Gasteiger partial charge >= 0.3 is 0 Å². The Kier molecular flexibility index (Phi) is 4.74. The largest absolute Gasteiger partial charge is 0.384 e. The quantitative estimate of drug-likeness (QED) is 0.837. The first kappa shape index (κ1) is 14.5. The molecule has 1 aromatic heterocycles. The molecule has 0 aliphatic heterocycles. The molecule has 2 aromatic rings. The van der Waals surface area contributed by atoms with Gasteiger partial charge in [0.25, 0.3) is 5.91 Å². The Labute approximate surface area is 124 Å². The molecule has 2 rings (SSSR count). The molecule has 0 saturated carbocycles. The molecular weight excluding hydrogens is 301 g/mol. The number of anilines is 1. The number of carbonyl (C=O) groups is 1. The molecule has 0 fully saturated rings. The summed E-state index contributed by atoms with van der Waals surface area (Å²) in [5.41, 5.74) is 0.836. The summed E-state index contributed by atoms with van der Waals surface area (Å²) in [5, 5.41) is 12.9. The number of thiophene rings is 1. The van der Waals surface area contributed by atoms with Crippen LogP contribution in [0, 0.1) is 17.7 Å². The van der Waals surface area contributed by atoms with Gasteiger partial charge in [-0.1, -0.05) is 23.4 Å². The molecule has 6 heteroatoms. The van der Waals surface area contributed by atoms with E-state index in [1.807, 2.05) is 0 Å². The van der Waals surface area contributed by atoms with E-state index in [0.717, 1.165) is 6.07 Å². The van der Waals surface area contributed by atoms with E-state index in [9.17, 15) is 9.18 Å². The van der Waals surface area contributed by atoms with Crippen LogP contribution < -0.4 is 5.32 Å². The van der Waals surface area contributed by atoms with Crippen molar-refractivity contribution in [2.24, 2.45) is 0 Å². The molecule has 3 nitrogen and oxygen atoms in total. The van der Waals surface area contributed by atoms with E-state index in [1.165, 1.54) is 23.5 Å². The van der Waals surface area contributed by atoms with Crippen molar-refractivity contribution in [3.8, 4) is 11.8 Å². The van der Waals surface area contributed by atoms with E-state index in [0.29, 0.717) is 16.1 Å². The fourth-order valence-corrected chi connectivity index (χ4v) is 2.34. The molecule has 20 heavy (non-hydrogen) atoms. The van der Waals surface area contributed by atoms with Gasteiger partial charge in [-0.05, 0) is 29.6 Å². The normalized spacial score (nSPS) is 9.75. The number of hydrogen-bond acceptors (Lipinski definition) is 3. The zero-order valence-corrected chi connectivity index (χ0v) is 11.7. The van der Waals surface area contributed by atoms with Gasteiger partial charge in [-0.3, -0.25) is 4.79 Å². The number of aliphatic hydroxyl groups excluding tert-OH is 1. The Morgan fingerprint density at radius 2 is 2.25 bits per heavy atom. The summed E-state index contributed by atoms with van der Waals surface area (Å²) >= 11 is 6.79. The fourth-order valence-electron chi connectivity index (χ4n) is 1.48. The van der Waals surface area contributed by atoms with Crippen LogP contribution in [0.1, 0.15) is 15.2 Å². The average Bonchev–Trinajstić information content (AvgIpc) is 2.89. The Morgan fingerprint density at radius 3 is 2.95 bits per heavy atom. The zero-order chi connectivity index (χ0) is 14.5. The molecule has 0 aliphatic carbocycles. The lowest BCUT2D eigenvalue weighted by molar-refractivity contribution is 0.103. The lowest BCUT2D eigenvalue weighted by atomic mass is 10.2. The van der Waals surface area contributed by atoms with Gasteiger partial charge in [0.2, 0.25) is 0 Å². The van der Waals surface area contributed by atoms with E-state index < -0.39 is 5.82 Å². The zero-order valence-electron chi connectivity index (χ0n) is 10.1. The molecule has 0 radical (unpaired) electrons. The first-order valence-corrected chi connectivity index (χ1v) is 6.81. The standard InChI is InChI=1S/C14H9ClFNO2S/c15-11-4-3-10(8-12(11)16)17-14(19)13-9(2-1-6-18)5-7-20-13/h3-5,7-8,18H,6H2,(H,17,19). The van der Waals surface area contributed by atoms with Crippen LogP contribution in [0.15, 0.2) is 29.6 Å². The van der Waals surface area contributed by atoms with Crippen molar-refractivity contribution in [2.75, 3.05) is 11.9 Å². The summed E-state index contributed by atoms with van der Waals surface area (Å²) in [4.78, 5) is 12.5.